The van der Waals surface area contributed by atoms with Gasteiger partial charge in [0.15, 0.2) is 0 Å². The van der Waals surface area contributed by atoms with Gasteiger partial charge in [0.2, 0.25) is 5.91 Å². The summed E-state index contributed by atoms with van der Waals surface area (Å²) in [5.41, 5.74) is 1.21. The molecule has 0 atom stereocenters. The van der Waals surface area contributed by atoms with Gasteiger partial charge in [-0.3, -0.25) is 14.4 Å². The Balaban J connectivity index is 1.95. The largest absolute Gasteiger partial charge is 0.310 e. The van der Waals surface area contributed by atoms with Crippen molar-refractivity contribution in [3.8, 4) is 0 Å². The number of nitrogens with zero attached hydrogens (tertiary/aromatic N) is 3. The summed E-state index contributed by atoms with van der Waals surface area (Å²) in [6.45, 7) is 2.22. The van der Waals surface area contributed by atoms with Gasteiger partial charge in [0, 0.05) is 30.2 Å². The Morgan fingerprint density at radius 2 is 2.23 bits per heavy atom. The number of likely N-dealkylation sites (N-methyl/N-ethyl adjacent to an activating group) is 1. The van der Waals surface area contributed by atoms with Gasteiger partial charge in [-0.15, -0.1) is 0 Å². The summed E-state index contributed by atoms with van der Waals surface area (Å²) in [5, 5.41) is 7.28. The van der Waals surface area contributed by atoms with E-state index in [0.717, 1.165) is 5.69 Å². The van der Waals surface area contributed by atoms with Crippen LogP contribution in [0.5, 0.6) is 0 Å². The topological polar surface area (TPSA) is 50.2 Å². The summed E-state index contributed by atoms with van der Waals surface area (Å²) in [6.07, 6.45) is 0. The molecule has 0 radical (unpaired) electrons. The van der Waals surface area contributed by atoms with Gasteiger partial charge in [0.1, 0.15) is 11.6 Å². The fourth-order valence-electron chi connectivity index (χ4n) is 2.16. The SMILES string of the molecule is Cc1cc(NC(=O)CN(C)Cc2c(F)cccc2Cl)n(C)n1. The lowest BCUT2D eigenvalue weighted by molar-refractivity contribution is -0.117. The zero-order valence-corrected chi connectivity index (χ0v) is 13.5. The first-order chi connectivity index (χ1) is 10.4. The molecular formula is C15H18ClFN4O. The van der Waals surface area contributed by atoms with E-state index in [1.165, 1.54) is 6.07 Å². The lowest BCUT2D eigenvalue weighted by atomic mass is 10.2. The van der Waals surface area contributed by atoms with Crippen molar-refractivity contribution in [1.82, 2.24) is 14.7 Å². The molecule has 1 N–H and O–H groups in total. The standard InChI is InChI=1S/C15H18ClFN4O/c1-10-7-14(21(3)19-10)18-15(22)9-20(2)8-11-12(16)5-4-6-13(11)17/h4-7H,8-9H2,1-3H3,(H,18,22). The minimum atomic E-state index is -0.373. The Bertz CT molecular complexity index is 666. The van der Waals surface area contributed by atoms with E-state index in [-0.39, 0.29) is 24.8 Å². The number of halogens is 2. The van der Waals surface area contributed by atoms with Gasteiger partial charge in [-0.05, 0) is 26.1 Å². The van der Waals surface area contributed by atoms with E-state index in [1.807, 2.05) is 6.92 Å². The van der Waals surface area contributed by atoms with Crippen LogP contribution >= 0.6 is 11.6 Å². The second-order valence-corrected chi connectivity index (χ2v) is 5.62. The van der Waals surface area contributed by atoms with Crippen molar-refractivity contribution in [2.45, 2.75) is 13.5 Å². The fraction of sp³-hybridized carbons (Fsp3) is 0.333. The molecule has 1 aromatic heterocycles. The van der Waals surface area contributed by atoms with Crippen LogP contribution in [0.15, 0.2) is 24.3 Å². The maximum Gasteiger partial charge on any atom is 0.239 e. The minimum Gasteiger partial charge on any atom is -0.310 e. The van der Waals surface area contributed by atoms with Crippen molar-refractivity contribution in [3.63, 3.8) is 0 Å². The number of nitrogens with one attached hydrogen (secondary N) is 1. The third kappa shape index (κ3) is 4.05. The van der Waals surface area contributed by atoms with Crippen LogP contribution in [0.25, 0.3) is 0 Å². The number of benzene rings is 1. The predicted molar refractivity (Wildman–Crippen MR) is 84.3 cm³/mol. The van der Waals surface area contributed by atoms with Gasteiger partial charge in [-0.2, -0.15) is 5.10 Å². The molecule has 0 saturated heterocycles. The third-order valence-electron chi connectivity index (χ3n) is 3.17. The van der Waals surface area contributed by atoms with Gasteiger partial charge in [0.25, 0.3) is 0 Å². The molecule has 0 spiro atoms. The van der Waals surface area contributed by atoms with Crippen molar-refractivity contribution in [3.05, 3.63) is 46.4 Å². The Labute approximate surface area is 133 Å². The number of rotatable bonds is 5. The zero-order valence-electron chi connectivity index (χ0n) is 12.7. The summed E-state index contributed by atoms with van der Waals surface area (Å²) in [5.74, 6) is 0.0554. The summed E-state index contributed by atoms with van der Waals surface area (Å²) in [7, 11) is 3.49. The average Bonchev–Trinajstić information content (AvgIpc) is 2.72. The number of aryl methyl sites for hydroxylation is 2. The van der Waals surface area contributed by atoms with Crippen LogP contribution in [0.3, 0.4) is 0 Å². The molecule has 2 rings (SSSR count). The van der Waals surface area contributed by atoms with Crippen molar-refractivity contribution in [2.24, 2.45) is 7.05 Å². The second-order valence-electron chi connectivity index (χ2n) is 5.22. The van der Waals surface area contributed by atoms with Gasteiger partial charge >= 0.3 is 0 Å². The van der Waals surface area contributed by atoms with Crippen LogP contribution in [0.4, 0.5) is 10.2 Å². The van der Waals surface area contributed by atoms with E-state index in [9.17, 15) is 9.18 Å². The lowest BCUT2D eigenvalue weighted by Gasteiger charge is -2.17. The number of hydrogen-bond acceptors (Lipinski definition) is 3. The summed E-state index contributed by atoms with van der Waals surface area (Å²) in [6, 6.07) is 6.32. The second kappa shape index (κ2) is 6.89. The van der Waals surface area contributed by atoms with Gasteiger partial charge in [-0.1, -0.05) is 17.7 Å². The van der Waals surface area contributed by atoms with Gasteiger partial charge in [-0.25, -0.2) is 4.39 Å². The molecule has 0 aliphatic rings. The van der Waals surface area contributed by atoms with Crippen LogP contribution in [0, 0.1) is 12.7 Å². The molecule has 5 nitrogen and oxygen atoms in total. The lowest BCUT2D eigenvalue weighted by Crippen LogP contribution is -2.30. The van der Waals surface area contributed by atoms with Gasteiger partial charge in [0.05, 0.1) is 12.2 Å². The fourth-order valence-corrected chi connectivity index (χ4v) is 2.39. The van der Waals surface area contributed by atoms with Crippen LogP contribution in [0.1, 0.15) is 11.3 Å². The quantitative estimate of drug-likeness (QED) is 0.919. The number of aromatic nitrogens is 2. The molecule has 0 aliphatic heterocycles. The molecule has 1 heterocycles. The Kier molecular flexibility index (Phi) is 5.15. The summed E-state index contributed by atoms with van der Waals surface area (Å²) < 4.78 is 15.3. The average molecular weight is 325 g/mol. The first kappa shape index (κ1) is 16.5. The van der Waals surface area contributed by atoms with Crippen molar-refractivity contribution < 1.29 is 9.18 Å². The highest BCUT2D eigenvalue weighted by atomic mass is 35.5. The molecule has 0 unspecified atom stereocenters. The zero-order chi connectivity index (χ0) is 16.3. The van der Waals surface area contributed by atoms with E-state index in [4.69, 9.17) is 11.6 Å². The normalized spacial score (nSPS) is 11.0. The molecule has 22 heavy (non-hydrogen) atoms. The van der Waals surface area contributed by atoms with Crippen LogP contribution in [-0.4, -0.2) is 34.2 Å². The van der Waals surface area contributed by atoms with Crippen LogP contribution in [0.2, 0.25) is 5.02 Å². The molecule has 2 aromatic rings. The molecule has 7 heteroatoms. The summed E-state index contributed by atoms with van der Waals surface area (Å²) in [4.78, 5) is 13.7. The maximum absolute atomic E-state index is 13.7. The Morgan fingerprint density at radius 1 is 1.50 bits per heavy atom. The number of carbonyl (C=O) groups excluding carboxylic acids is 1. The van der Waals surface area contributed by atoms with Crippen molar-refractivity contribution in [1.29, 1.82) is 0 Å². The number of carbonyl (C=O) groups is 1. The van der Waals surface area contributed by atoms with Crippen molar-refractivity contribution >= 4 is 23.3 Å². The van der Waals surface area contributed by atoms with Gasteiger partial charge < -0.3 is 5.32 Å². The highest BCUT2D eigenvalue weighted by molar-refractivity contribution is 6.31. The predicted octanol–water partition coefficient (Wildman–Crippen LogP) is 2.59. The van der Waals surface area contributed by atoms with E-state index in [0.29, 0.717) is 16.4 Å². The van der Waals surface area contributed by atoms with Crippen LogP contribution in [-0.2, 0) is 18.4 Å². The first-order valence-corrected chi connectivity index (χ1v) is 7.16. The maximum atomic E-state index is 13.7. The molecular weight excluding hydrogens is 307 g/mol. The first-order valence-electron chi connectivity index (χ1n) is 6.78. The smallest absolute Gasteiger partial charge is 0.239 e. The summed E-state index contributed by atoms with van der Waals surface area (Å²) >= 11 is 5.98. The third-order valence-corrected chi connectivity index (χ3v) is 3.53. The molecule has 1 aromatic carbocycles. The van der Waals surface area contributed by atoms with E-state index in [2.05, 4.69) is 10.4 Å². The van der Waals surface area contributed by atoms with Crippen LogP contribution < -0.4 is 5.32 Å². The number of anilines is 1. The minimum absolute atomic E-state index is 0.120. The molecule has 1 amide bonds. The molecule has 0 aliphatic carbocycles. The van der Waals surface area contributed by atoms with E-state index < -0.39 is 0 Å². The van der Waals surface area contributed by atoms with E-state index >= 15 is 0 Å². The van der Waals surface area contributed by atoms with E-state index in [1.54, 1.807) is 41.9 Å². The van der Waals surface area contributed by atoms with Crippen molar-refractivity contribution in [2.75, 3.05) is 18.9 Å². The Hall–Kier alpha value is -1.92. The molecule has 0 saturated carbocycles. The molecule has 0 fully saturated rings. The number of amides is 1. The molecule has 118 valence electrons. The highest BCUT2D eigenvalue weighted by Gasteiger charge is 2.13. The number of hydrogen-bond donors (Lipinski definition) is 1. The Morgan fingerprint density at radius 3 is 2.82 bits per heavy atom. The highest BCUT2D eigenvalue weighted by Crippen LogP contribution is 2.20. The monoisotopic (exact) mass is 324 g/mol. The molecule has 0 bridgehead atoms.